The second-order valence-corrected chi connectivity index (χ2v) is 6.77. The van der Waals surface area contributed by atoms with Crippen molar-refractivity contribution in [3.05, 3.63) is 95.7 Å². The lowest BCUT2D eigenvalue weighted by Crippen LogP contribution is -2.30. The number of amides is 2. The van der Waals surface area contributed by atoms with Crippen LogP contribution in [0.15, 0.2) is 78.9 Å². The number of benzene rings is 3. The lowest BCUT2D eigenvalue weighted by atomic mass is 10.1. The third kappa shape index (κ3) is 4.06. The van der Waals surface area contributed by atoms with Crippen molar-refractivity contribution in [3.63, 3.8) is 0 Å². The second-order valence-electron chi connectivity index (χ2n) is 6.77. The molecule has 0 radical (unpaired) electrons. The highest BCUT2D eigenvalue weighted by Crippen LogP contribution is 2.20. The Morgan fingerprint density at radius 2 is 1.63 bits per heavy atom. The lowest BCUT2D eigenvalue weighted by Gasteiger charge is -2.16. The predicted molar refractivity (Wildman–Crippen MR) is 114 cm³/mol. The molecule has 0 aliphatic carbocycles. The van der Waals surface area contributed by atoms with Gasteiger partial charge in [0, 0.05) is 16.6 Å². The van der Waals surface area contributed by atoms with Crippen molar-refractivity contribution < 1.29 is 14.7 Å². The number of aliphatic hydroxyl groups excluding tert-OH is 1. The first-order valence-corrected chi connectivity index (χ1v) is 9.47. The van der Waals surface area contributed by atoms with Gasteiger partial charge in [-0.3, -0.25) is 14.7 Å². The molecule has 30 heavy (non-hydrogen) atoms. The molecule has 7 heteroatoms. The Bertz CT molecular complexity index is 1170. The zero-order valence-electron chi connectivity index (χ0n) is 16.0. The van der Waals surface area contributed by atoms with Crippen molar-refractivity contribution in [2.45, 2.75) is 6.04 Å². The van der Waals surface area contributed by atoms with E-state index in [1.54, 1.807) is 30.3 Å². The standard InChI is InChI=1S/C23H20N4O3/c28-14-20(15-7-3-1-4-8-15)25-22(29)16-11-12-19-18(13-16)21(27-26-19)23(30)24-17-9-5-2-6-10-17/h1-13,20,28H,14H2,(H,24,30)(H,25,29)(H,26,27)/t20-/m1/s1. The van der Waals surface area contributed by atoms with E-state index in [1.807, 2.05) is 48.5 Å². The SMILES string of the molecule is O=C(N[C@H](CO)c1ccccc1)c1ccc2[nH]nc(C(=O)Nc3ccccc3)c2c1. The number of fused-ring (bicyclic) bond motifs is 1. The summed E-state index contributed by atoms with van der Waals surface area (Å²) in [6, 6.07) is 22.8. The Morgan fingerprint density at radius 3 is 2.33 bits per heavy atom. The fraction of sp³-hybridized carbons (Fsp3) is 0.0870. The molecule has 0 unspecified atom stereocenters. The number of aromatic amines is 1. The van der Waals surface area contributed by atoms with Gasteiger partial charge in [0.1, 0.15) is 0 Å². The van der Waals surface area contributed by atoms with Crippen LogP contribution in [-0.4, -0.2) is 33.7 Å². The third-order valence-corrected chi connectivity index (χ3v) is 4.76. The normalized spacial score (nSPS) is 11.8. The Balaban J connectivity index is 1.57. The van der Waals surface area contributed by atoms with Gasteiger partial charge in [-0.05, 0) is 35.9 Å². The van der Waals surface area contributed by atoms with Crippen LogP contribution in [0.1, 0.15) is 32.5 Å². The summed E-state index contributed by atoms with van der Waals surface area (Å²) in [5.74, 6) is -0.724. The van der Waals surface area contributed by atoms with Gasteiger partial charge in [-0.2, -0.15) is 5.10 Å². The molecule has 1 heterocycles. The molecule has 0 aliphatic rings. The summed E-state index contributed by atoms with van der Waals surface area (Å²) in [4.78, 5) is 25.4. The molecule has 4 rings (SSSR count). The summed E-state index contributed by atoms with van der Waals surface area (Å²) < 4.78 is 0. The maximum Gasteiger partial charge on any atom is 0.276 e. The molecule has 7 nitrogen and oxygen atoms in total. The Labute approximate surface area is 172 Å². The van der Waals surface area contributed by atoms with Crippen LogP contribution in [0.3, 0.4) is 0 Å². The second kappa shape index (κ2) is 8.59. The van der Waals surface area contributed by atoms with Crippen LogP contribution < -0.4 is 10.6 Å². The number of para-hydroxylation sites is 1. The molecule has 0 fully saturated rings. The molecule has 1 atom stereocenters. The monoisotopic (exact) mass is 400 g/mol. The zero-order valence-corrected chi connectivity index (χ0v) is 16.0. The molecule has 0 spiro atoms. The van der Waals surface area contributed by atoms with Crippen molar-refractivity contribution in [2.24, 2.45) is 0 Å². The van der Waals surface area contributed by atoms with E-state index in [9.17, 15) is 14.7 Å². The summed E-state index contributed by atoms with van der Waals surface area (Å²) in [5.41, 5.74) is 2.67. The smallest absolute Gasteiger partial charge is 0.276 e. The van der Waals surface area contributed by atoms with Gasteiger partial charge in [0.25, 0.3) is 11.8 Å². The van der Waals surface area contributed by atoms with E-state index in [4.69, 9.17) is 0 Å². The van der Waals surface area contributed by atoms with Crippen LogP contribution in [0.4, 0.5) is 5.69 Å². The van der Waals surface area contributed by atoms with Crippen LogP contribution in [0, 0.1) is 0 Å². The highest BCUT2D eigenvalue weighted by atomic mass is 16.3. The number of nitrogens with one attached hydrogen (secondary N) is 3. The summed E-state index contributed by atoms with van der Waals surface area (Å²) >= 11 is 0. The average molecular weight is 400 g/mol. The Hall–Kier alpha value is -3.97. The van der Waals surface area contributed by atoms with Crippen molar-refractivity contribution in [2.75, 3.05) is 11.9 Å². The van der Waals surface area contributed by atoms with Gasteiger partial charge >= 0.3 is 0 Å². The number of carbonyl (C=O) groups excluding carboxylic acids is 2. The first-order valence-electron chi connectivity index (χ1n) is 9.47. The molecule has 3 aromatic carbocycles. The highest BCUT2D eigenvalue weighted by molar-refractivity contribution is 6.12. The van der Waals surface area contributed by atoms with E-state index in [0.29, 0.717) is 22.2 Å². The topological polar surface area (TPSA) is 107 Å². The molecule has 4 aromatic rings. The minimum Gasteiger partial charge on any atom is -0.394 e. The quantitative estimate of drug-likeness (QED) is 0.398. The molecule has 0 bridgehead atoms. The first-order chi connectivity index (χ1) is 14.7. The number of hydrogen-bond acceptors (Lipinski definition) is 4. The van der Waals surface area contributed by atoms with Crippen LogP contribution in [-0.2, 0) is 0 Å². The summed E-state index contributed by atoms with van der Waals surface area (Å²) in [6.45, 7) is -0.228. The summed E-state index contributed by atoms with van der Waals surface area (Å²) in [7, 11) is 0. The molecule has 0 aliphatic heterocycles. The average Bonchev–Trinajstić information content (AvgIpc) is 3.22. The van der Waals surface area contributed by atoms with E-state index in [-0.39, 0.29) is 24.1 Å². The molecular formula is C23H20N4O3. The fourth-order valence-electron chi connectivity index (χ4n) is 3.20. The van der Waals surface area contributed by atoms with Crippen LogP contribution >= 0.6 is 0 Å². The number of rotatable bonds is 6. The molecule has 2 amide bonds. The van der Waals surface area contributed by atoms with Crippen molar-refractivity contribution in [3.8, 4) is 0 Å². The third-order valence-electron chi connectivity index (χ3n) is 4.76. The number of H-pyrrole nitrogens is 1. The van der Waals surface area contributed by atoms with E-state index in [1.165, 1.54) is 0 Å². The van der Waals surface area contributed by atoms with Gasteiger partial charge in [0.2, 0.25) is 0 Å². The van der Waals surface area contributed by atoms with Gasteiger partial charge in [0.15, 0.2) is 5.69 Å². The number of hydrogen-bond donors (Lipinski definition) is 4. The van der Waals surface area contributed by atoms with Crippen LogP contribution in [0.5, 0.6) is 0 Å². The van der Waals surface area contributed by atoms with Crippen molar-refractivity contribution in [1.82, 2.24) is 15.5 Å². The predicted octanol–water partition coefficient (Wildman–Crippen LogP) is 3.28. The molecule has 4 N–H and O–H groups in total. The van der Waals surface area contributed by atoms with E-state index in [0.717, 1.165) is 5.56 Å². The first kappa shape index (κ1) is 19.4. The van der Waals surface area contributed by atoms with E-state index < -0.39 is 6.04 Å². The maximum absolute atomic E-state index is 12.8. The van der Waals surface area contributed by atoms with Gasteiger partial charge < -0.3 is 15.7 Å². The maximum atomic E-state index is 12.8. The number of nitrogens with zero attached hydrogens (tertiary/aromatic N) is 1. The number of aromatic nitrogens is 2. The number of aliphatic hydroxyl groups is 1. The number of anilines is 1. The minimum absolute atomic E-state index is 0.199. The van der Waals surface area contributed by atoms with E-state index in [2.05, 4.69) is 20.8 Å². The van der Waals surface area contributed by atoms with Gasteiger partial charge in [-0.25, -0.2) is 0 Å². The summed E-state index contributed by atoms with van der Waals surface area (Å²) in [6.07, 6.45) is 0. The number of carbonyl (C=O) groups is 2. The summed E-state index contributed by atoms with van der Waals surface area (Å²) in [5, 5.41) is 22.8. The molecular weight excluding hydrogens is 380 g/mol. The Kier molecular flexibility index (Phi) is 5.54. The molecule has 0 saturated carbocycles. The van der Waals surface area contributed by atoms with Crippen LogP contribution in [0.25, 0.3) is 10.9 Å². The molecule has 0 saturated heterocycles. The molecule has 150 valence electrons. The van der Waals surface area contributed by atoms with Gasteiger partial charge in [-0.15, -0.1) is 0 Å². The Morgan fingerprint density at radius 1 is 0.933 bits per heavy atom. The van der Waals surface area contributed by atoms with Crippen molar-refractivity contribution in [1.29, 1.82) is 0 Å². The molecule has 1 aromatic heterocycles. The zero-order chi connectivity index (χ0) is 20.9. The lowest BCUT2D eigenvalue weighted by molar-refractivity contribution is 0.0915. The fourth-order valence-corrected chi connectivity index (χ4v) is 3.20. The van der Waals surface area contributed by atoms with Crippen LogP contribution in [0.2, 0.25) is 0 Å². The van der Waals surface area contributed by atoms with Gasteiger partial charge in [-0.1, -0.05) is 48.5 Å². The van der Waals surface area contributed by atoms with E-state index >= 15 is 0 Å². The minimum atomic E-state index is -0.528. The largest absolute Gasteiger partial charge is 0.394 e. The highest BCUT2D eigenvalue weighted by Gasteiger charge is 2.18. The van der Waals surface area contributed by atoms with Crippen molar-refractivity contribution >= 4 is 28.4 Å². The van der Waals surface area contributed by atoms with Gasteiger partial charge in [0.05, 0.1) is 18.2 Å².